The molecule has 5 heteroatoms. The molecule has 0 spiro atoms. The molecule has 1 unspecified atom stereocenters. The van der Waals surface area contributed by atoms with Crippen molar-refractivity contribution in [3.63, 3.8) is 0 Å². The number of hydrogen-bond acceptors (Lipinski definition) is 4. The first-order valence-electron chi connectivity index (χ1n) is 11.8. The highest BCUT2D eigenvalue weighted by molar-refractivity contribution is 5.71. The molecule has 0 saturated heterocycles. The van der Waals surface area contributed by atoms with E-state index in [0.717, 1.165) is 51.4 Å². The average Bonchev–Trinajstić information content (AvgIpc) is 3.00. The van der Waals surface area contributed by atoms with E-state index in [1.807, 2.05) is 0 Å². The van der Waals surface area contributed by atoms with E-state index in [1.54, 1.807) is 0 Å². The van der Waals surface area contributed by atoms with Crippen LogP contribution in [-0.4, -0.2) is 44.7 Å². The molecule has 4 N–H and O–H groups in total. The molecule has 0 aromatic carbocycles. The minimum Gasteiger partial charge on any atom is -0.479 e. The van der Waals surface area contributed by atoms with E-state index < -0.39 is 12.1 Å². The van der Waals surface area contributed by atoms with Crippen LogP contribution in [0.3, 0.4) is 0 Å². The highest BCUT2D eigenvalue weighted by Gasteiger charge is 2.62. The molecule has 0 aliphatic heterocycles. The Bertz CT molecular complexity index is 637. The zero-order valence-corrected chi connectivity index (χ0v) is 18.3. The summed E-state index contributed by atoms with van der Waals surface area (Å²) in [7, 11) is 0. The van der Waals surface area contributed by atoms with Crippen LogP contribution >= 0.6 is 0 Å². The fraction of sp³-hybridized carbons (Fsp3) is 0.958. The van der Waals surface area contributed by atoms with Crippen molar-refractivity contribution in [2.24, 2.45) is 46.3 Å². The molecule has 4 fully saturated rings. The molecule has 4 aliphatic carbocycles. The summed E-state index contributed by atoms with van der Waals surface area (Å²) < 4.78 is 0. The Morgan fingerprint density at radius 3 is 2.34 bits per heavy atom. The normalized spacial score (nSPS) is 51.4. The van der Waals surface area contributed by atoms with Crippen LogP contribution in [-0.2, 0) is 4.79 Å². The lowest BCUT2D eigenvalue weighted by Crippen LogP contribution is -2.58. The number of aliphatic carboxylic acids is 1. The van der Waals surface area contributed by atoms with Gasteiger partial charge in [-0.25, -0.2) is 4.79 Å². The summed E-state index contributed by atoms with van der Waals surface area (Å²) in [5, 5.41) is 40.5. The van der Waals surface area contributed by atoms with E-state index in [-0.39, 0.29) is 29.0 Å². The van der Waals surface area contributed by atoms with Crippen LogP contribution in [0, 0.1) is 46.3 Å². The molecule has 0 amide bonds. The first kappa shape index (κ1) is 21.6. The molecule has 11 atom stereocenters. The topological polar surface area (TPSA) is 98.0 Å². The Kier molecular flexibility index (Phi) is 5.57. The lowest BCUT2D eigenvalue weighted by molar-refractivity contribution is -0.174. The van der Waals surface area contributed by atoms with Crippen molar-refractivity contribution in [2.45, 2.75) is 96.9 Å². The standard InChI is InChI=1S/C24H40O5/c1-13(10-20(27)22(28)29)16-4-5-17-21-18(7-9-24(16,17)3)23(2)8-6-15(25)11-14(23)12-19(21)26/h13-21,25-27H,4-12H2,1-3H3,(H,28,29)/t13-,14+,15-,16-,17+,18+,19-,20?,21+,23+,24-/m1/s1. The first-order valence-corrected chi connectivity index (χ1v) is 11.8. The maximum atomic E-state index is 11.2. The van der Waals surface area contributed by atoms with E-state index in [2.05, 4.69) is 20.8 Å². The number of carbonyl (C=O) groups is 1. The average molecular weight is 409 g/mol. The molecule has 4 rings (SSSR count). The zero-order chi connectivity index (χ0) is 21.1. The Hall–Kier alpha value is -0.650. The van der Waals surface area contributed by atoms with E-state index >= 15 is 0 Å². The maximum Gasteiger partial charge on any atom is 0.332 e. The van der Waals surface area contributed by atoms with Gasteiger partial charge in [0.1, 0.15) is 0 Å². The van der Waals surface area contributed by atoms with Crippen molar-refractivity contribution < 1.29 is 25.2 Å². The number of rotatable bonds is 4. The van der Waals surface area contributed by atoms with Crippen molar-refractivity contribution in [2.75, 3.05) is 0 Å². The van der Waals surface area contributed by atoms with Crippen LogP contribution < -0.4 is 0 Å². The number of fused-ring (bicyclic) bond motifs is 5. The van der Waals surface area contributed by atoms with Gasteiger partial charge in [0.2, 0.25) is 0 Å². The molecule has 5 nitrogen and oxygen atoms in total. The van der Waals surface area contributed by atoms with Crippen molar-refractivity contribution in [1.82, 2.24) is 0 Å². The van der Waals surface area contributed by atoms with Gasteiger partial charge in [-0.3, -0.25) is 0 Å². The summed E-state index contributed by atoms with van der Waals surface area (Å²) in [5.41, 5.74) is 0.352. The van der Waals surface area contributed by atoms with Gasteiger partial charge in [-0.05, 0) is 104 Å². The second-order valence-corrected chi connectivity index (χ2v) is 11.5. The van der Waals surface area contributed by atoms with Gasteiger partial charge in [0.15, 0.2) is 6.10 Å². The molecule has 0 radical (unpaired) electrons. The van der Waals surface area contributed by atoms with Crippen LogP contribution in [0.4, 0.5) is 0 Å². The molecule has 0 bridgehead atoms. The maximum absolute atomic E-state index is 11.2. The van der Waals surface area contributed by atoms with Crippen molar-refractivity contribution in [3.8, 4) is 0 Å². The molecule has 4 saturated carbocycles. The third kappa shape index (κ3) is 3.36. The monoisotopic (exact) mass is 408 g/mol. The summed E-state index contributed by atoms with van der Waals surface area (Å²) >= 11 is 0. The van der Waals surface area contributed by atoms with Gasteiger partial charge in [-0.1, -0.05) is 20.8 Å². The lowest BCUT2D eigenvalue weighted by Gasteiger charge is -2.62. The zero-order valence-electron chi connectivity index (χ0n) is 18.3. The van der Waals surface area contributed by atoms with Crippen molar-refractivity contribution in [3.05, 3.63) is 0 Å². The smallest absolute Gasteiger partial charge is 0.332 e. The molecule has 0 aromatic rings. The summed E-state index contributed by atoms with van der Waals surface area (Å²) in [4.78, 5) is 11.1. The highest BCUT2D eigenvalue weighted by Crippen LogP contribution is 2.68. The quantitative estimate of drug-likeness (QED) is 0.571. The van der Waals surface area contributed by atoms with Gasteiger partial charge in [0.25, 0.3) is 0 Å². The second kappa shape index (κ2) is 7.49. The molecule has 29 heavy (non-hydrogen) atoms. The van der Waals surface area contributed by atoms with Gasteiger partial charge in [-0.15, -0.1) is 0 Å². The van der Waals surface area contributed by atoms with Crippen LogP contribution in [0.15, 0.2) is 0 Å². The number of aliphatic hydroxyl groups excluding tert-OH is 3. The van der Waals surface area contributed by atoms with E-state index in [0.29, 0.717) is 36.0 Å². The Morgan fingerprint density at radius 2 is 1.66 bits per heavy atom. The Morgan fingerprint density at radius 1 is 1.00 bits per heavy atom. The first-order chi connectivity index (χ1) is 13.6. The molecular weight excluding hydrogens is 368 g/mol. The molecular formula is C24H40O5. The minimum absolute atomic E-state index is 0.122. The molecule has 0 aromatic heterocycles. The molecule has 0 heterocycles. The lowest BCUT2D eigenvalue weighted by atomic mass is 9.43. The summed E-state index contributed by atoms with van der Waals surface area (Å²) in [6, 6.07) is 0. The van der Waals surface area contributed by atoms with Crippen LogP contribution in [0.5, 0.6) is 0 Å². The molecule has 4 aliphatic rings. The van der Waals surface area contributed by atoms with E-state index in [4.69, 9.17) is 5.11 Å². The predicted molar refractivity (Wildman–Crippen MR) is 110 cm³/mol. The van der Waals surface area contributed by atoms with Crippen molar-refractivity contribution in [1.29, 1.82) is 0 Å². The van der Waals surface area contributed by atoms with E-state index in [1.165, 1.54) is 0 Å². The summed E-state index contributed by atoms with van der Waals surface area (Å²) in [6.45, 7) is 6.91. The number of carboxylic acids is 1. The SMILES string of the molecule is C[C@H](CC(O)C(=O)O)[C@H]1CC[C@H]2[C@@H]3[C@H](O)C[C@@H]4C[C@H](O)CC[C@]4(C)[C@H]3CC[C@]12C. The van der Waals surface area contributed by atoms with Gasteiger partial charge in [0, 0.05) is 0 Å². The fourth-order valence-corrected chi connectivity index (χ4v) is 8.79. The predicted octanol–water partition coefficient (Wildman–Crippen LogP) is 3.45. The highest BCUT2D eigenvalue weighted by atomic mass is 16.4. The Labute approximate surface area is 174 Å². The van der Waals surface area contributed by atoms with Crippen molar-refractivity contribution >= 4 is 5.97 Å². The fourth-order valence-electron chi connectivity index (χ4n) is 8.79. The van der Waals surface area contributed by atoms with Gasteiger partial charge in [-0.2, -0.15) is 0 Å². The third-order valence-electron chi connectivity index (χ3n) is 10.3. The number of hydrogen-bond donors (Lipinski definition) is 4. The van der Waals surface area contributed by atoms with Crippen LogP contribution in [0.2, 0.25) is 0 Å². The largest absolute Gasteiger partial charge is 0.479 e. The summed E-state index contributed by atoms with van der Waals surface area (Å²) in [6.07, 6.45) is 6.60. The Balaban J connectivity index is 1.56. The third-order valence-corrected chi connectivity index (χ3v) is 10.3. The van der Waals surface area contributed by atoms with E-state index in [9.17, 15) is 20.1 Å². The van der Waals surface area contributed by atoms with Gasteiger partial charge >= 0.3 is 5.97 Å². The molecule has 166 valence electrons. The van der Waals surface area contributed by atoms with Gasteiger partial charge < -0.3 is 20.4 Å². The number of aliphatic hydroxyl groups is 3. The van der Waals surface area contributed by atoms with Gasteiger partial charge in [0.05, 0.1) is 12.2 Å². The second-order valence-electron chi connectivity index (χ2n) is 11.5. The van der Waals surface area contributed by atoms with Crippen LogP contribution in [0.1, 0.15) is 78.6 Å². The van der Waals surface area contributed by atoms with Crippen LogP contribution in [0.25, 0.3) is 0 Å². The number of carboxylic acid groups (broad SMARTS) is 1. The summed E-state index contributed by atoms with van der Waals surface area (Å²) in [5.74, 6) is 1.22. The minimum atomic E-state index is -1.28.